The Morgan fingerprint density at radius 2 is 2.23 bits per heavy atom. The summed E-state index contributed by atoms with van der Waals surface area (Å²) in [6.07, 6.45) is 7.59. The van der Waals surface area contributed by atoms with Gasteiger partial charge in [0.15, 0.2) is 0 Å². The minimum absolute atomic E-state index is 0.0103. The van der Waals surface area contributed by atoms with E-state index < -0.39 is 0 Å². The number of nitrogens with one attached hydrogen (secondary N) is 1. The monoisotopic (exact) mass is 349 g/mol. The van der Waals surface area contributed by atoms with E-state index in [9.17, 15) is 4.79 Å². The van der Waals surface area contributed by atoms with Gasteiger partial charge in [0, 0.05) is 30.1 Å². The third-order valence-electron chi connectivity index (χ3n) is 4.40. The van der Waals surface area contributed by atoms with E-state index in [0.29, 0.717) is 18.9 Å². The zero-order valence-electron chi connectivity index (χ0n) is 14.2. The third kappa shape index (κ3) is 3.88. The first-order valence-electron chi connectivity index (χ1n) is 8.55. The molecular weight excluding hydrogens is 330 g/mol. The van der Waals surface area contributed by atoms with E-state index in [2.05, 4.69) is 20.4 Å². The summed E-state index contributed by atoms with van der Waals surface area (Å²) in [7, 11) is 0. The summed E-state index contributed by atoms with van der Waals surface area (Å²) in [6.45, 7) is 1.10. The summed E-state index contributed by atoms with van der Waals surface area (Å²) in [6, 6.07) is 11.4. The summed E-state index contributed by atoms with van der Waals surface area (Å²) < 4.78 is 7.43. The van der Waals surface area contributed by atoms with E-state index in [1.165, 1.54) is 6.33 Å². The minimum atomic E-state index is 0.0103. The van der Waals surface area contributed by atoms with Crippen molar-refractivity contribution in [1.82, 2.24) is 19.7 Å². The van der Waals surface area contributed by atoms with Crippen LogP contribution < -0.4 is 10.1 Å². The molecule has 4 rings (SSSR count). The molecule has 1 saturated carbocycles. The van der Waals surface area contributed by atoms with Gasteiger partial charge in [-0.15, -0.1) is 0 Å². The van der Waals surface area contributed by atoms with Crippen LogP contribution in [-0.2, 0) is 11.3 Å². The van der Waals surface area contributed by atoms with Gasteiger partial charge in [-0.05, 0) is 36.1 Å². The van der Waals surface area contributed by atoms with Gasteiger partial charge in [-0.1, -0.05) is 12.1 Å². The maximum absolute atomic E-state index is 12.4. The summed E-state index contributed by atoms with van der Waals surface area (Å²) in [5.41, 5.74) is 1.86. The standard InChI is InChI=1S/C19H19N5O2/c25-19(18-10-17(18)14-3-2-6-20-11-14)23-15-4-1-5-16(9-15)26-8-7-24-13-21-12-22-24/h1-6,9,11-13,17-18H,7-8,10H2,(H,23,25)/t17-,18+/m0/s1. The molecule has 0 aliphatic heterocycles. The molecule has 0 unspecified atom stereocenters. The summed E-state index contributed by atoms with van der Waals surface area (Å²) in [5.74, 6) is 1.03. The molecule has 1 aromatic carbocycles. The van der Waals surface area contributed by atoms with Crippen LogP contribution in [0.3, 0.4) is 0 Å². The average Bonchev–Trinajstić information content (AvgIpc) is 3.31. The molecule has 0 saturated heterocycles. The van der Waals surface area contributed by atoms with Crippen molar-refractivity contribution < 1.29 is 9.53 Å². The van der Waals surface area contributed by atoms with E-state index >= 15 is 0 Å². The lowest BCUT2D eigenvalue weighted by Crippen LogP contribution is -2.14. The van der Waals surface area contributed by atoms with Crippen LogP contribution in [0, 0.1) is 5.92 Å². The minimum Gasteiger partial charge on any atom is -0.492 e. The average molecular weight is 349 g/mol. The van der Waals surface area contributed by atoms with Crippen LogP contribution in [0.1, 0.15) is 17.9 Å². The number of carbonyl (C=O) groups excluding carboxylic acids is 1. The molecule has 1 amide bonds. The maximum Gasteiger partial charge on any atom is 0.228 e. The lowest BCUT2D eigenvalue weighted by molar-refractivity contribution is -0.117. The fraction of sp³-hybridized carbons (Fsp3) is 0.263. The predicted molar refractivity (Wildman–Crippen MR) is 95.7 cm³/mol. The smallest absolute Gasteiger partial charge is 0.228 e. The van der Waals surface area contributed by atoms with Gasteiger partial charge in [-0.2, -0.15) is 5.10 Å². The first-order valence-corrected chi connectivity index (χ1v) is 8.55. The van der Waals surface area contributed by atoms with Crippen LogP contribution >= 0.6 is 0 Å². The Kier molecular flexibility index (Phi) is 4.59. The number of nitrogens with zero attached hydrogens (tertiary/aromatic N) is 4. The van der Waals surface area contributed by atoms with Crippen LogP contribution in [0.15, 0.2) is 61.4 Å². The van der Waals surface area contributed by atoms with Crippen molar-refractivity contribution in [1.29, 1.82) is 0 Å². The van der Waals surface area contributed by atoms with Crippen LogP contribution in [0.5, 0.6) is 5.75 Å². The maximum atomic E-state index is 12.4. The van der Waals surface area contributed by atoms with Gasteiger partial charge >= 0.3 is 0 Å². The van der Waals surface area contributed by atoms with E-state index in [1.807, 2.05) is 42.6 Å². The van der Waals surface area contributed by atoms with Crippen molar-refractivity contribution in [3.05, 3.63) is 67.0 Å². The quantitative estimate of drug-likeness (QED) is 0.709. The van der Waals surface area contributed by atoms with Crippen molar-refractivity contribution >= 4 is 11.6 Å². The van der Waals surface area contributed by atoms with Gasteiger partial charge in [-0.25, -0.2) is 9.67 Å². The van der Waals surface area contributed by atoms with Crippen molar-refractivity contribution in [3.8, 4) is 5.75 Å². The van der Waals surface area contributed by atoms with Crippen LogP contribution in [0.25, 0.3) is 0 Å². The molecule has 2 aromatic heterocycles. The topological polar surface area (TPSA) is 81.9 Å². The highest BCUT2D eigenvalue weighted by molar-refractivity contribution is 5.95. The molecule has 3 aromatic rings. The number of hydrogen-bond donors (Lipinski definition) is 1. The summed E-state index contributed by atoms with van der Waals surface area (Å²) >= 11 is 0. The first-order chi connectivity index (χ1) is 12.8. The lowest BCUT2D eigenvalue weighted by Gasteiger charge is -2.09. The Balaban J connectivity index is 1.30. The number of pyridine rings is 1. The van der Waals surface area contributed by atoms with Gasteiger partial charge < -0.3 is 10.1 Å². The van der Waals surface area contributed by atoms with Gasteiger partial charge in [0.25, 0.3) is 0 Å². The molecule has 1 fully saturated rings. The molecule has 1 N–H and O–H groups in total. The van der Waals surface area contributed by atoms with Crippen molar-refractivity contribution in [2.45, 2.75) is 18.9 Å². The molecule has 2 atom stereocenters. The number of aromatic nitrogens is 4. The molecule has 2 heterocycles. The van der Waals surface area contributed by atoms with E-state index in [4.69, 9.17) is 4.74 Å². The van der Waals surface area contributed by atoms with Gasteiger partial charge in [0.1, 0.15) is 25.0 Å². The fourth-order valence-electron chi connectivity index (χ4n) is 2.95. The molecule has 0 radical (unpaired) electrons. The number of benzene rings is 1. The number of ether oxygens (including phenoxy) is 1. The molecule has 0 spiro atoms. The highest BCUT2D eigenvalue weighted by Crippen LogP contribution is 2.47. The summed E-state index contributed by atoms with van der Waals surface area (Å²) in [4.78, 5) is 20.5. The number of anilines is 1. The van der Waals surface area contributed by atoms with Crippen LogP contribution in [0.2, 0.25) is 0 Å². The molecule has 7 heteroatoms. The normalized spacial score (nSPS) is 18.3. The zero-order chi connectivity index (χ0) is 17.8. The Morgan fingerprint density at radius 3 is 3.04 bits per heavy atom. The molecule has 1 aliphatic carbocycles. The molecular formula is C19H19N5O2. The number of amides is 1. The van der Waals surface area contributed by atoms with Crippen molar-refractivity contribution in [2.75, 3.05) is 11.9 Å². The Labute approximate surface area is 151 Å². The Morgan fingerprint density at radius 1 is 1.27 bits per heavy atom. The van der Waals surface area contributed by atoms with Gasteiger partial charge in [-0.3, -0.25) is 9.78 Å². The summed E-state index contributed by atoms with van der Waals surface area (Å²) in [5, 5.41) is 7.01. The first kappa shape index (κ1) is 16.3. The lowest BCUT2D eigenvalue weighted by atomic mass is 10.1. The van der Waals surface area contributed by atoms with Crippen molar-refractivity contribution in [2.24, 2.45) is 5.92 Å². The van der Waals surface area contributed by atoms with Crippen LogP contribution in [0.4, 0.5) is 5.69 Å². The highest BCUT2D eigenvalue weighted by atomic mass is 16.5. The molecule has 132 valence electrons. The Hall–Kier alpha value is -3.22. The number of hydrogen-bond acceptors (Lipinski definition) is 5. The zero-order valence-corrected chi connectivity index (χ0v) is 14.2. The SMILES string of the molecule is O=C(Nc1cccc(OCCn2cncn2)c1)[C@@H]1C[C@H]1c1cccnc1. The Bertz CT molecular complexity index is 867. The molecule has 1 aliphatic rings. The second kappa shape index (κ2) is 7.35. The van der Waals surface area contributed by atoms with Gasteiger partial charge in [0.2, 0.25) is 5.91 Å². The van der Waals surface area contributed by atoms with E-state index in [1.54, 1.807) is 17.2 Å². The molecule has 26 heavy (non-hydrogen) atoms. The van der Waals surface area contributed by atoms with E-state index in [-0.39, 0.29) is 17.7 Å². The number of carbonyl (C=O) groups is 1. The predicted octanol–water partition coefficient (Wildman–Crippen LogP) is 2.49. The second-order valence-corrected chi connectivity index (χ2v) is 6.26. The second-order valence-electron chi connectivity index (χ2n) is 6.26. The highest BCUT2D eigenvalue weighted by Gasteiger charge is 2.44. The third-order valence-corrected chi connectivity index (χ3v) is 4.40. The van der Waals surface area contributed by atoms with E-state index in [0.717, 1.165) is 17.7 Å². The molecule has 0 bridgehead atoms. The van der Waals surface area contributed by atoms with Crippen LogP contribution in [-0.4, -0.2) is 32.3 Å². The largest absolute Gasteiger partial charge is 0.492 e. The number of rotatable bonds is 7. The fourth-order valence-corrected chi connectivity index (χ4v) is 2.95. The van der Waals surface area contributed by atoms with Crippen molar-refractivity contribution in [3.63, 3.8) is 0 Å². The van der Waals surface area contributed by atoms with Gasteiger partial charge in [0.05, 0.1) is 6.54 Å². The molecule has 7 nitrogen and oxygen atoms in total.